The van der Waals surface area contributed by atoms with E-state index in [2.05, 4.69) is 20.8 Å². The molecule has 0 aromatic heterocycles. The summed E-state index contributed by atoms with van der Waals surface area (Å²) in [4.78, 5) is 24.9. The van der Waals surface area contributed by atoms with Crippen LogP contribution in [0, 0.1) is 11.3 Å². The fourth-order valence-electron chi connectivity index (χ4n) is 4.17. The third kappa shape index (κ3) is 17.4. The number of hydrogen-bond donors (Lipinski definition) is 0. The molecule has 0 N–H and O–H groups in total. The molecule has 0 rings (SSSR count). The smallest absolute Gasteiger partial charge is 0.322 e. The van der Waals surface area contributed by atoms with E-state index >= 15 is 0 Å². The number of hydrogen-bond acceptors (Lipinski definition) is 4. The Balaban J connectivity index is 3.69. The number of rotatable bonds is 24. The van der Waals surface area contributed by atoms with Crippen molar-refractivity contribution in [2.75, 3.05) is 13.2 Å². The Morgan fingerprint density at radius 3 is 1.44 bits per heavy atom. The van der Waals surface area contributed by atoms with Gasteiger partial charge in [0.2, 0.25) is 0 Å². The normalized spacial score (nSPS) is 12.5. The maximum Gasteiger partial charge on any atom is 0.322 e. The summed E-state index contributed by atoms with van der Waals surface area (Å²) in [6.45, 7) is 10.6. The van der Waals surface area contributed by atoms with Gasteiger partial charge in [-0.25, -0.2) is 0 Å². The highest BCUT2D eigenvalue weighted by atomic mass is 16.6. The molecule has 202 valence electrons. The number of carbonyl (C=O) groups excluding carboxylic acids is 2. The van der Waals surface area contributed by atoms with Crippen LogP contribution in [0.15, 0.2) is 0 Å². The van der Waals surface area contributed by atoms with E-state index in [0.29, 0.717) is 19.1 Å². The van der Waals surface area contributed by atoms with Gasteiger partial charge in [0.25, 0.3) is 0 Å². The molecule has 1 atom stereocenters. The zero-order valence-electron chi connectivity index (χ0n) is 23.6. The van der Waals surface area contributed by atoms with Gasteiger partial charge in [0, 0.05) is 0 Å². The van der Waals surface area contributed by atoms with E-state index in [0.717, 1.165) is 38.5 Å². The van der Waals surface area contributed by atoms with Crippen molar-refractivity contribution < 1.29 is 19.1 Å². The molecule has 1 unspecified atom stereocenters. The van der Waals surface area contributed by atoms with Crippen molar-refractivity contribution in [2.45, 2.75) is 157 Å². The summed E-state index contributed by atoms with van der Waals surface area (Å²) in [5.74, 6) is -0.565. The molecule has 34 heavy (non-hydrogen) atoms. The molecule has 0 aromatic carbocycles. The summed E-state index contributed by atoms with van der Waals surface area (Å²) in [6.07, 6.45) is 23.9. The molecule has 0 spiro atoms. The number of esters is 2. The van der Waals surface area contributed by atoms with Crippen LogP contribution in [0.25, 0.3) is 0 Å². The zero-order valence-corrected chi connectivity index (χ0v) is 23.6. The largest absolute Gasteiger partial charge is 0.465 e. The summed E-state index contributed by atoms with van der Waals surface area (Å²) in [7, 11) is 0. The minimum Gasteiger partial charge on any atom is -0.465 e. The fourth-order valence-corrected chi connectivity index (χ4v) is 4.17. The Kier molecular flexibility index (Phi) is 21.7. The second-order valence-corrected chi connectivity index (χ2v) is 10.7. The average Bonchev–Trinajstić information content (AvgIpc) is 2.83. The predicted molar refractivity (Wildman–Crippen MR) is 144 cm³/mol. The van der Waals surface area contributed by atoms with Gasteiger partial charge in [-0.05, 0) is 32.6 Å². The molecule has 0 radical (unpaired) electrons. The highest BCUT2D eigenvalue weighted by Crippen LogP contribution is 2.22. The SMILES string of the molecule is CCCCCCCCCCCCCCCCCOC(=O)C(C)(C)C(=O)OCC(CC)CCCC. The Morgan fingerprint density at radius 1 is 0.588 bits per heavy atom. The Morgan fingerprint density at radius 2 is 1.00 bits per heavy atom. The van der Waals surface area contributed by atoms with Crippen LogP contribution in [0.4, 0.5) is 0 Å². The lowest BCUT2D eigenvalue weighted by Crippen LogP contribution is -2.37. The van der Waals surface area contributed by atoms with Gasteiger partial charge in [-0.2, -0.15) is 0 Å². The third-order valence-corrected chi connectivity index (χ3v) is 7.00. The molecule has 0 aromatic rings. The van der Waals surface area contributed by atoms with E-state index in [4.69, 9.17) is 9.47 Å². The first-order valence-corrected chi connectivity index (χ1v) is 14.7. The van der Waals surface area contributed by atoms with E-state index in [1.807, 2.05) is 0 Å². The van der Waals surface area contributed by atoms with Crippen LogP contribution >= 0.6 is 0 Å². The summed E-state index contributed by atoms with van der Waals surface area (Å²) in [5, 5.41) is 0. The average molecular weight is 483 g/mol. The lowest BCUT2D eigenvalue weighted by Gasteiger charge is -2.22. The standard InChI is InChI=1S/C30H58O4/c1-6-9-11-12-13-14-15-16-17-18-19-20-21-22-23-25-33-28(31)30(4,5)29(32)34-26-27(8-3)24-10-7-2/h27H,6-26H2,1-5H3. The number of ether oxygens (including phenoxy) is 2. The highest BCUT2D eigenvalue weighted by molar-refractivity contribution is 5.99. The third-order valence-electron chi connectivity index (χ3n) is 7.00. The van der Waals surface area contributed by atoms with Gasteiger partial charge in [0.15, 0.2) is 5.41 Å². The molecule has 0 fully saturated rings. The topological polar surface area (TPSA) is 52.6 Å². The van der Waals surface area contributed by atoms with Crippen LogP contribution < -0.4 is 0 Å². The van der Waals surface area contributed by atoms with Crippen molar-refractivity contribution in [3.05, 3.63) is 0 Å². The van der Waals surface area contributed by atoms with Crippen LogP contribution in [0.1, 0.15) is 157 Å². The van der Waals surface area contributed by atoms with Gasteiger partial charge in [-0.3, -0.25) is 9.59 Å². The van der Waals surface area contributed by atoms with Gasteiger partial charge in [0.05, 0.1) is 13.2 Å². The van der Waals surface area contributed by atoms with E-state index in [1.54, 1.807) is 13.8 Å². The van der Waals surface area contributed by atoms with Gasteiger partial charge in [0.1, 0.15) is 0 Å². The van der Waals surface area contributed by atoms with Crippen LogP contribution in [-0.2, 0) is 19.1 Å². The molecule has 0 aliphatic rings. The van der Waals surface area contributed by atoms with Crippen molar-refractivity contribution in [3.8, 4) is 0 Å². The molecule has 0 saturated carbocycles. The number of carbonyl (C=O) groups is 2. The molecule has 0 amide bonds. The van der Waals surface area contributed by atoms with Crippen molar-refractivity contribution in [3.63, 3.8) is 0 Å². The fraction of sp³-hybridized carbons (Fsp3) is 0.933. The van der Waals surface area contributed by atoms with Crippen LogP contribution in [0.3, 0.4) is 0 Å². The van der Waals surface area contributed by atoms with Crippen molar-refractivity contribution in [1.29, 1.82) is 0 Å². The molecule has 0 aliphatic carbocycles. The summed E-state index contributed by atoms with van der Waals surface area (Å²) < 4.78 is 10.9. The van der Waals surface area contributed by atoms with Gasteiger partial charge in [-0.15, -0.1) is 0 Å². The van der Waals surface area contributed by atoms with Crippen LogP contribution in [0.2, 0.25) is 0 Å². The van der Waals surface area contributed by atoms with Crippen molar-refractivity contribution >= 4 is 11.9 Å². The Bertz CT molecular complexity index is 486. The highest BCUT2D eigenvalue weighted by Gasteiger charge is 2.39. The Hall–Kier alpha value is -1.06. The predicted octanol–water partition coefficient (Wildman–Crippen LogP) is 9.19. The monoisotopic (exact) mass is 482 g/mol. The van der Waals surface area contributed by atoms with E-state index in [9.17, 15) is 9.59 Å². The van der Waals surface area contributed by atoms with E-state index in [-0.39, 0.29) is 0 Å². The quantitative estimate of drug-likeness (QED) is 0.0781. The van der Waals surface area contributed by atoms with E-state index in [1.165, 1.54) is 83.5 Å². The second-order valence-electron chi connectivity index (χ2n) is 10.7. The van der Waals surface area contributed by atoms with Crippen LogP contribution in [0.5, 0.6) is 0 Å². The molecular weight excluding hydrogens is 424 g/mol. The van der Waals surface area contributed by atoms with Crippen LogP contribution in [-0.4, -0.2) is 25.2 Å². The maximum absolute atomic E-state index is 12.4. The van der Waals surface area contributed by atoms with Crippen molar-refractivity contribution in [1.82, 2.24) is 0 Å². The molecular formula is C30H58O4. The molecule has 0 aliphatic heterocycles. The Labute approximate surface area is 212 Å². The molecule has 0 saturated heterocycles. The second kappa shape index (κ2) is 22.4. The van der Waals surface area contributed by atoms with Crippen molar-refractivity contribution in [2.24, 2.45) is 11.3 Å². The maximum atomic E-state index is 12.4. The lowest BCUT2D eigenvalue weighted by atomic mass is 9.93. The van der Waals surface area contributed by atoms with Gasteiger partial charge < -0.3 is 9.47 Å². The van der Waals surface area contributed by atoms with Gasteiger partial charge in [-0.1, -0.05) is 130 Å². The minimum absolute atomic E-state index is 0.371. The zero-order chi connectivity index (χ0) is 25.5. The first-order valence-electron chi connectivity index (χ1n) is 14.7. The van der Waals surface area contributed by atoms with E-state index < -0.39 is 17.4 Å². The first-order chi connectivity index (χ1) is 16.4. The lowest BCUT2D eigenvalue weighted by molar-refractivity contribution is -0.170. The molecule has 0 heterocycles. The van der Waals surface area contributed by atoms with Gasteiger partial charge >= 0.3 is 11.9 Å². The minimum atomic E-state index is -1.24. The summed E-state index contributed by atoms with van der Waals surface area (Å²) in [5.41, 5.74) is -1.24. The summed E-state index contributed by atoms with van der Waals surface area (Å²) >= 11 is 0. The molecule has 0 bridgehead atoms. The molecule has 4 heteroatoms. The molecule has 4 nitrogen and oxygen atoms in total. The first kappa shape index (κ1) is 32.9. The number of unbranched alkanes of at least 4 members (excludes halogenated alkanes) is 15. The summed E-state index contributed by atoms with van der Waals surface area (Å²) in [6, 6.07) is 0.